The van der Waals surface area contributed by atoms with E-state index in [0.29, 0.717) is 22.9 Å². The number of furan rings is 1. The molecular formula is C14H12ClNO2. The molecule has 0 fully saturated rings. The number of hydrogen-bond donors (Lipinski definition) is 0. The van der Waals surface area contributed by atoms with Gasteiger partial charge in [0, 0.05) is 10.6 Å². The molecule has 0 bridgehead atoms. The van der Waals surface area contributed by atoms with Crippen molar-refractivity contribution in [2.24, 2.45) is 0 Å². The summed E-state index contributed by atoms with van der Waals surface area (Å²) in [6.45, 7) is 4.15. The first-order chi connectivity index (χ1) is 8.60. The molecular weight excluding hydrogens is 250 g/mol. The number of benzene rings is 1. The summed E-state index contributed by atoms with van der Waals surface area (Å²) in [4.78, 5) is 0. The maximum absolute atomic E-state index is 8.99. The van der Waals surface area contributed by atoms with Crippen LogP contribution in [0.25, 0.3) is 0 Å². The summed E-state index contributed by atoms with van der Waals surface area (Å²) in [5, 5.41) is 9.51. The minimum Gasteiger partial charge on any atom is -0.487 e. The molecule has 0 aliphatic rings. The molecule has 0 aliphatic heterocycles. The predicted octanol–water partition coefficient (Wildman–Crippen LogP) is 4.00. The number of rotatable bonds is 3. The van der Waals surface area contributed by atoms with E-state index in [-0.39, 0.29) is 0 Å². The second-order valence-electron chi connectivity index (χ2n) is 3.98. The van der Waals surface area contributed by atoms with Gasteiger partial charge in [0.05, 0.1) is 5.56 Å². The number of aryl methyl sites for hydroxylation is 2. The quantitative estimate of drug-likeness (QED) is 0.839. The van der Waals surface area contributed by atoms with Crippen molar-refractivity contribution in [1.82, 2.24) is 0 Å². The Morgan fingerprint density at radius 1 is 1.33 bits per heavy atom. The van der Waals surface area contributed by atoms with E-state index in [0.717, 1.165) is 17.1 Å². The summed E-state index contributed by atoms with van der Waals surface area (Å²) in [5.74, 6) is 2.21. The number of nitriles is 1. The van der Waals surface area contributed by atoms with Gasteiger partial charge in [0.25, 0.3) is 0 Å². The highest BCUT2D eigenvalue weighted by Crippen LogP contribution is 2.24. The largest absolute Gasteiger partial charge is 0.487 e. The highest BCUT2D eigenvalue weighted by molar-refractivity contribution is 6.30. The molecule has 1 heterocycles. The van der Waals surface area contributed by atoms with Crippen LogP contribution < -0.4 is 4.74 Å². The third-order valence-corrected chi connectivity index (χ3v) is 2.82. The Labute approximate surface area is 111 Å². The molecule has 0 unspecified atom stereocenters. The van der Waals surface area contributed by atoms with Crippen molar-refractivity contribution >= 4 is 11.6 Å². The van der Waals surface area contributed by atoms with E-state index in [1.54, 1.807) is 18.2 Å². The average molecular weight is 262 g/mol. The van der Waals surface area contributed by atoms with Crippen molar-refractivity contribution < 1.29 is 9.15 Å². The predicted molar refractivity (Wildman–Crippen MR) is 68.7 cm³/mol. The van der Waals surface area contributed by atoms with Gasteiger partial charge in [-0.15, -0.1) is 0 Å². The maximum Gasteiger partial charge on any atom is 0.137 e. The van der Waals surface area contributed by atoms with Crippen LogP contribution in [0.1, 0.15) is 22.6 Å². The monoisotopic (exact) mass is 261 g/mol. The van der Waals surface area contributed by atoms with Crippen molar-refractivity contribution in [3.8, 4) is 11.8 Å². The first-order valence-electron chi connectivity index (χ1n) is 5.48. The summed E-state index contributed by atoms with van der Waals surface area (Å²) in [6, 6.07) is 8.97. The van der Waals surface area contributed by atoms with Crippen molar-refractivity contribution in [2.75, 3.05) is 0 Å². The third kappa shape index (κ3) is 2.66. The first-order valence-corrected chi connectivity index (χ1v) is 5.86. The Kier molecular flexibility index (Phi) is 3.59. The minimum atomic E-state index is 0.374. The average Bonchev–Trinajstić information content (AvgIpc) is 2.66. The van der Waals surface area contributed by atoms with E-state index >= 15 is 0 Å². The van der Waals surface area contributed by atoms with Gasteiger partial charge in [-0.2, -0.15) is 5.26 Å². The fraction of sp³-hybridized carbons (Fsp3) is 0.214. The van der Waals surface area contributed by atoms with Crippen molar-refractivity contribution in [2.45, 2.75) is 20.5 Å². The van der Waals surface area contributed by atoms with Crippen molar-refractivity contribution in [1.29, 1.82) is 5.26 Å². The summed E-state index contributed by atoms with van der Waals surface area (Å²) in [5.41, 5.74) is 1.41. The Morgan fingerprint density at radius 2 is 2.11 bits per heavy atom. The lowest BCUT2D eigenvalue weighted by molar-refractivity contribution is 0.302. The molecule has 0 N–H and O–H groups in total. The molecule has 0 amide bonds. The lowest BCUT2D eigenvalue weighted by Gasteiger charge is -2.07. The summed E-state index contributed by atoms with van der Waals surface area (Å²) in [7, 11) is 0. The fourth-order valence-corrected chi connectivity index (χ4v) is 1.87. The Hall–Kier alpha value is -1.92. The molecule has 0 radical (unpaired) electrons. The molecule has 2 rings (SSSR count). The molecule has 1 aromatic carbocycles. The molecule has 0 saturated heterocycles. The van der Waals surface area contributed by atoms with Crippen molar-refractivity contribution in [3.63, 3.8) is 0 Å². The zero-order chi connectivity index (χ0) is 13.1. The molecule has 92 valence electrons. The lowest BCUT2D eigenvalue weighted by Crippen LogP contribution is -1.97. The molecule has 4 heteroatoms. The van der Waals surface area contributed by atoms with Crippen LogP contribution in [0.2, 0.25) is 5.02 Å². The number of hydrogen-bond acceptors (Lipinski definition) is 3. The van der Waals surface area contributed by atoms with E-state index in [2.05, 4.69) is 6.07 Å². The normalized spacial score (nSPS) is 10.1. The van der Waals surface area contributed by atoms with Gasteiger partial charge >= 0.3 is 0 Å². The van der Waals surface area contributed by atoms with Gasteiger partial charge in [0.2, 0.25) is 0 Å². The molecule has 0 atom stereocenters. The van der Waals surface area contributed by atoms with E-state index in [4.69, 9.17) is 26.0 Å². The fourth-order valence-electron chi connectivity index (χ4n) is 1.70. The lowest BCUT2D eigenvalue weighted by atomic mass is 10.2. The van der Waals surface area contributed by atoms with E-state index < -0.39 is 0 Å². The minimum absolute atomic E-state index is 0.374. The van der Waals surface area contributed by atoms with Gasteiger partial charge in [0.1, 0.15) is 29.9 Å². The molecule has 18 heavy (non-hydrogen) atoms. The van der Waals surface area contributed by atoms with Gasteiger partial charge in [-0.3, -0.25) is 0 Å². The highest BCUT2D eigenvalue weighted by Gasteiger charge is 2.08. The first kappa shape index (κ1) is 12.5. The van der Waals surface area contributed by atoms with E-state index in [1.165, 1.54) is 0 Å². The van der Waals surface area contributed by atoms with Gasteiger partial charge in [0.15, 0.2) is 0 Å². The highest BCUT2D eigenvalue weighted by atomic mass is 35.5. The molecule has 0 spiro atoms. The maximum atomic E-state index is 8.99. The van der Waals surface area contributed by atoms with Crippen LogP contribution in [-0.2, 0) is 6.61 Å². The van der Waals surface area contributed by atoms with Gasteiger partial charge in [-0.25, -0.2) is 0 Å². The van der Waals surface area contributed by atoms with Crippen LogP contribution in [0, 0.1) is 25.2 Å². The second kappa shape index (κ2) is 5.16. The Morgan fingerprint density at radius 3 is 2.72 bits per heavy atom. The smallest absolute Gasteiger partial charge is 0.137 e. The summed E-state index contributed by atoms with van der Waals surface area (Å²) in [6.07, 6.45) is 0. The van der Waals surface area contributed by atoms with E-state index in [1.807, 2.05) is 19.9 Å². The molecule has 0 saturated carbocycles. The molecule has 3 nitrogen and oxygen atoms in total. The molecule has 1 aromatic heterocycles. The van der Waals surface area contributed by atoms with Crippen LogP contribution in [0.3, 0.4) is 0 Å². The Bertz CT molecular complexity index is 611. The SMILES string of the molecule is Cc1cc(COc2ccc(Cl)cc2C#N)c(C)o1. The number of nitrogens with zero attached hydrogens (tertiary/aromatic N) is 1. The number of ether oxygens (including phenoxy) is 1. The van der Waals surface area contributed by atoms with Gasteiger partial charge < -0.3 is 9.15 Å². The van der Waals surface area contributed by atoms with Crippen molar-refractivity contribution in [3.05, 3.63) is 51.9 Å². The zero-order valence-electron chi connectivity index (χ0n) is 10.2. The van der Waals surface area contributed by atoms with Crippen LogP contribution in [0.4, 0.5) is 0 Å². The summed E-state index contributed by atoms with van der Waals surface area (Å²) >= 11 is 5.82. The molecule has 0 aliphatic carbocycles. The Balaban J connectivity index is 2.16. The molecule has 2 aromatic rings. The standard InChI is InChI=1S/C14H12ClNO2/c1-9-5-12(10(2)18-9)8-17-14-4-3-13(15)6-11(14)7-16/h3-6H,8H2,1-2H3. The zero-order valence-corrected chi connectivity index (χ0v) is 10.9. The second-order valence-corrected chi connectivity index (χ2v) is 4.42. The number of halogens is 1. The van der Waals surface area contributed by atoms with Gasteiger partial charge in [-0.05, 0) is 38.1 Å². The van der Waals surface area contributed by atoms with E-state index in [9.17, 15) is 0 Å². The van der Waals surface area contributed by atoms with Crippen LogP contribution in [0.5, 0.6) is 5.75 Å². The third-order valence-electron chi connectivity index (χ3n) is 2.59. The van der Waals surface area contributed by atoms with Crippen LogP contribution >= 0.6 is 11.6 Å². The topological polar surface area (TPSA) is 46.2 Å². The van der Waals surface area contributed by atoms with Crippen LogP contribution in [0.15, 0.2) is 28.7 Å². The van der Waals surface area contributed by atoms with Gasteiger partial charge in [-0.1, -0.05) is 11.6 Å². The summed E-state index contributed by atoms with van der Waals surface area (Å²) < 4.78 is 11.0. The van der Waals surface area contributed by atoms with Crippen LogP contribution in [-0.4, -0.2) is 0 Å².